The third kappa shape index (κ3) is 3.96. The van der Waals surface area contributed by atoms with Crippen LogP contribution in [-0.4, -0.2) is 36.4 Å². The van der Waals surface area contributed by atoms with Crippen LogP contribution in [0.1, 0.15) is 40.5 Å². The lowest BCUT2D eigenvalue weighted by Gasteiger charge is -2.16. The molecule has 0 radical (unpaired) electrons. The van der Waals surface area contributed by atoms with E-state index in [9.17, 15) is 9.59 Å². The Morgan fingerprint density at radius 3 is 2.52 bits per heavy atom. The van der Waals surface area contributed by atoms with Gasteiger partial charge in [-0.05, 0) is 44.0 Å². The van der Waals surface area contributed by atoms with Crippen molar-refractivity contribution in [3.8, 4) is 0 Å². The summed E-state index contributed by atoms with van der Waals surface area (Å²) < 4.78 is 0. The molecule has 3 rings (SSSR count). The van der Waals surface area contributed by atoms with Crippen molar-refractivity contribution in [1.29, 1.82) is 0 Å². The predicted octanol–water partition coefficient (Wildman–Crippen LogP) is 2.68. The van der Waals surface area contributed by atoms with Crippen LogP contribution >= 0.6 is 0 Å². The number of aromatic nitrogens is 1. The van der Waals surface area contributed by atoms with Crippen molar-refractivity contribution in [1.82, 2.24) is 10.3 Å². The van der Waals surface area contributed by atoms with Crippen molar-refractivity contribution in [3.05, 3.63) is 53.7 Å². The first-order valence-electron chi connectivity index (χ1n) is 8.58. The zero-order valence-corrected chi connectivity index (χ0v) is 14.3. The molecule has 1 fully saturated rings. The number of carbonyl (C=O) groups excluding carboxylic acids is 2. The highest BCUT2D eigenvalue weighted by atomic mass is 16.2. The molecule has 6 heteroatoms. The maximum atomic E-state index is 12.5. The zero-order chi connectivity index (χ0) is 17.6. The summed E-state index contributed by atoms with van der Waals surface area (Å²) in [5.74, 6) is 0.412. The van der Waals surface area contributed by atoms with Crippen molar-refractivity contribution in [2.45, 2.75) is 19.8 Å². The minimum Gasteiger partial charge on any atom is -0.357 e. The maximum Gasteiger partial charge on any atom is 0.257 e. The number of carbonyl (C=O) groups is 2. The quantitative estimate of drug-likeness (QED) is 0.879. The van der Waals surface area contributed by atoms with Crippen molar-refractivity contribution >= 4 is 23.3 Å². The molecule has 2 amide bonds. The summed E-state index contributed by atoms with van der Waals surface area (Å²) in [7, 11) is 0. The first-order chi connectivity index (χ1) is 12.2. The second-order valence-corrected chi connectivity index (χ2v) is 5.96. The van der Waals surface area contributed by atoms with Gasteiger partial charge in [-0.3, -0.25) is 9.59 Å². The molecule has 2 aromatic rings. The molecule has 1 saturated heterocycles. The van der Waals surface area contributed by atoms with E-state index in [0.717, 1.165) is 18.9 Å². The molecule has 25 heavy (non-hydrogen) atoms. The lowest BCUT2D eigenvalue weighted by atomic mass is 10.1. The average Bonchev–Trinajstić information content (AvgIpc) is 3.17. The topological polar surface area (TPSA) is 74.3 Å². The highest BCUT2D eigenvalue weighted by Crippen LogP contribution is 2.19. The summed E-state index contributed by atoms with van der Waals surface area (Å²) in [6.07, 6.45) is 3.94. The number of nitrogens with zero attached hydrogens (tertiary/aromatic N) is 2. The molecule has 0 aliphatic carbocycles. The van der Waals surface area contributed by atoms with E-state index in [4.69, 9.17) is 0 Å². The van der Waals surface area contributed by atoms with Crippen molar-refractivity contribution in [2.24, 2.45) is 0 Å². The van der Waals surface area contributed by atoms with Gasteiger partial charge in [-0.25, -0.2) is 4.98 Å². The molecule has 130 valence electrons. The van der Waals surface area contributed by atoms with E-state index in [-0.39, 0.29) is 11.8 Å². The molecule has 2 N–H and O–H groups in total. The molecular formula is C19H22N4O2. The molecule has 0 unspecified atom stereocenters. The van der Waals surface area contributed by atoms with Crippen LogP contribution in [0, 0.1) is 0 Å². The number of hydrogen-bond acceptors (Lipinski definition) is 4. The number of rotatable bonds is 5. The van der Waals surface area contributed by atoms with Gasteiger partial charge in [0.25, 0.3) is 11.8 Å². The van der Waals surface area contributed by atoms with Gasteiger partial charge < -0.3 is 15.5 Å². The SMILES string of the molecule is CCNC(=O)c1ccccc1NC(=O)c1ccc(N2CCCC2)nc1. The first-order valence-corrected chi connectivity index (χ1v) is 8.58. The second-order valence-electron chi connectivity index (χ2n) is 5.96. The largest absolute Gasteiger partial charge is 0.357 e. The van der Waals surface area contributed by atoms with Crippen LogP contribution in [0.15, 0.2) is 42.6 Å². The van der Waals surface area contributed by atoms with Crippen LogP contribution in [0.5, 0.6) is 0 Å². The summed E-state index contributed by atoms with van der Waals surface area (Å²) in [6, 6.07) is 10.6. The van der Waals surface area contributed by atoms with E-state index >= 15 is 0 Å². The van der Waals surface area contributed by atoms with E-state index in [2.05, 4.69) is 20.5 Å². The van der Waals surface area contributed by atoms with Gasteiger partial charge in [0.15, 0.2) is 0 Å². The summed E-state index contributed by atoms with van der Waals surface area (Å²) in [5, 5.41) is 5.55. The van der Waals surface area contributed by atoms with Crippen molar-refractivity contribution < 1.29 is 9.59 Å². The molecule has 1 aromatic carbocycles. The lowest BCUT2D eigenvalue weighted by Crippen LogP contribution is -2.25. The fraction of sp³-hybridized carbons (Fsp3) is 0.316. The third-order valence-corrected chi connectivity index (χ3v) is 4.20. The number of anilines is 2. The zero-order valence-electron chi connectivity index (χ0n) is 14.3. The predicted molar refractivity (Wildman–Crippen MR) is 98.1 cm³/mol. The summed E-state index contributed by atoms with van der Waals surface area (Å²) in [4.78, 5) is 31.2. The summed E-state index contributed by atoms with van der Waals surface area (Å²) in [6.45, 7) is 4.41. The van der Waals surface area contributed by atoms with Crippen LogP contribution < -0.4 is 15.5 Å². The Balaban J connectivity index is 1.73. The van der Waals surface area contributed by atoms with Crippen molar-refractivity contribution in [3.63, 3.8) is 0 Å². The number of amides is 2. The molecule has 0 bridgehead atoms. The normalized spacial score (nSPS) is 13.6. The molecule has 6 nitrogen and oxygen atoms in total. The van der Waals surface area contributed by atoms with Gasteiger partial charge in [-0.2, -0.15) is 0 Å². The molecule has 0 atom stereocenters. The van der Waals surface area contributed by atoms with Crippen LogP contribution in [0.2, 0.25) is 0 Å². The fourth-order valence-corrected chi connectivity index (χ4v) is 2.89. The smallest absolute Gasteiger partial charge is 0.257 e. The van der Waals surface area contributed by atoms with Gasteiger partial charge in [0.2, 0.25) is 0 Å². The first kappa shape index (κ1) is 17.0. The van der Waals surface area contributed by atoms with Crippen molar-refractivity contribution in [2.75, 3.05) is 29.9 Å². The Labute approximate surface area is 147 Å². The highest BCUT2D eigenvalue weighted by Gasteiger charge is 2.16. The second kappa shape index (κ2) is 7.79. The van der Waals surface area contributed by atoms with Gasteiger partial charge >= 0.3 is 0 Å². The highest BCUT2D eigenvalue weighted by molar-refractivity contribution is 6.08. The van der Waals surface area contributed by atoms with E-state index in [1.165, 1.54) is 12.8 Å². The van der Waals surface area contributed by atoms with Crippen LogP contribution in [0.3, 0.4) is 0 Å². The number of nitrogens with one attached hydrogen (secondary N) is 2. The maximum absolute atomic E-state index is 12.5. The van der Waals surface area contributed by atoms with Gasteiger partial charge in [0.05, 0.1) is 16.8 Å². The van der Waals surface area contributed by atoms with E-state index in [0.29, 0.717) is 23.4 Å². The Hall–Kier alpha value is -2.89. The minimum atomic E-state index is -0.280. The van der Waals surface area contributed by atoms with Gasteiger partial charge in [-0.1, -0.05) is 12.1 Å². The molecule has 1 aliphatic rings. The van der Waals surface area contributed by atoms with Crippen LogP contribution in [0.25, 0.3) is 0 Å². The summed E-state index contributed by atoms with van der Waals surface area (Å²) >= 11 is 0. The Kier molecular flexibility index (Phi) is 5.28. The molecule has 1 aromatic heterocycles. The fourth-order valence-electron chi connectivity index (χ4n) is 2.89. The molecular weight excluding hydrogens is 316 g/mol. The lowest BCUT2D eigenvalue weighted by molar-refractivity contribution is 0.0956. The van der Waals surface area contributed by atoms with Crippen LogP contribution in [-0.2, 0) is 0 Å². The molecule has 0 saturated carbocycles. The Morgan fingerprint density at radius 2 is 1.84 bits per heavy atom. The number of hydrogen-bond donors (Lipinski definition) is 2. The molecule has 2 heterocycles. The monoisotopic (exact) mass is 338 g/mol. The number of pyridine rings is 1. The Bertz CT molecular complexity index is 752. The van der Waals surface area contributed by atoms with Gasteiger partial charge in [-0.15, -0.1) is 0 Å². The number of benzene rings is 1. The van der Waals surface area contributed by atoms with E-state index in [1.54, 1.807) is 36.5 Å². The van der Waals surface area contributed by atoms with E-state index < -0.39 is 0 Å². The minimum absolute atomic E-state index is 0.207. The van der Waals surface area contributed by atoms with Crippen LogP contribution in [0.4, 0.5) is 11.5 Å². The standard InChI is InChI=1S/C19H22N4O2/c1-2-20-19(25)15-7-3-4-8-16(15)22-18(24)14-9-10-17(21-13-14)23-11-5-6-12-23/h3-4,7-10,13H,2,5-6,11-12H2,1H3,(H,20,25)(H,22,24). The number of para-hydroxylation sites is 1. The Morgan fingerprint density at radius 1 is 1.08 bits per heavy atom. The van der Waals surface area contributed by atoms with Gasteiger partial charge in [0, 0.05) is 25.8 Å². The third-order valence-electron chi connectivity index (χ3n) is 4.20. The molecule has 1 aliphatic heterocycles. The average molecular weight is 338 g/mol. The molecule has 0 spiro atoms. The van der Waals surface area contributed by atoms with Gasteiger partial charge in [0.1, 0.15) is 5.82 Å². The summed E-state index contributed by atoms with van der Waals surface area (Å²) in [5.41, 5.74) is 1.40. The van der Waals surface area contributed by atoms with E-state index in [1.807, 2.05) is 13.0 Å².